The highest BCUT2D eigenvalue weighted by Gasteiger charge is 2.16. The molecule has 2 aromatic carbocycles. The molecule has 0 bridgehead atoms. The van der Waals surface area contributed by atoms with Gasteiger partial charge in [-0.3, -0.25) is 4.79 Å². The Morgan fingerprint density at radius 1 is 1.12 bits per heavy atom. The van der Waals surface area contributed by atoms with E-state index < -0.39 is 12.6 Å². The molecule has 0 fully saturated rings. The molecule has 26 heavy (non-hydrogen) atoms. The summed E-state index contributed by atoms with van der Waals surface area (Å²) in [6.45, 7) is 1.36. The molecule has 0 radical (unpaired) electrons. The first kappa shape index (κ1) is 17.3. The van der Waals surface area contributed by atoms with Crippen molar-refractivity contribution in [3.8, 4) is 17.2 Å². The highest BCUT2D eigenvalue weighted by atomic mass is 16.7. The van der Waals surface area contributed by atoms with E-state index in [-0.39, 0.29) is 12.7 Å². The minimum Gasteiger partial charge on any atom is -0.546 e. The van der Waals surface area contributed by atoms with Gasteiger partial charge >= 0.3 is 0 Å². The number of carboxylic acids is 1. The molecular weight excluding hydrogens is 340 g/mol. The van der Waals surface area contributed by atoms with Crippen LogP contribution in [0.25, 0.3) is 0 Å². The summed E-state index contributed by atoms with van der Waals surface area (Å²) in [6.07, 6.45) is 0. The van der Waals surface area contributed by atoms with Crippen molar-refractivity contribution in [2.75, 3.05) is 13.4 Å². The Morgan fingerprint density at radius 2 is 1.81 bits per heavy atom. The van der Waals surface area contributed by atoms with Crippen LogP contribution in [0.3, 0.4) is 0 Å². The van der Waals surface area contributed by atoms with E-state index in [1.54, 1.807) is 49.4 Å². The van der Waals surface area contributed by atoms with Crippen LogP contribution in [0.1, 0.15) is 22.8 Å². The summed E-state index contributed by atoms with van der Waals surface area (Å²) < 4.78 is 15.4. The first-order valence-corrected chi connectivity index (χ1v) is 7.70. The maximum atomic E-state index is 12.2. The topological polar surface area (TPSA) is 109 Å². The zero-order valence-electron chi connectivity index (χ0n) is 13.9. The van der Waals surface area contributed by atoms with Gasteiger partial charge in [-0.25, -0.2) is 5.43 Å². The van der Waals surface area contributed by atoms with E-state index in [1.807, 2.05) is 0 Å². The van der Waals surface area contributed by atoms with Gasteiger partial charge in [-0.05, 0) is 55.0 Å². The van der Waals surface area contributed by atoms with E-state index in [2.05, 4.69) is 10.5 Å². The summed E-state index contributed by atoms with van der Waals surface area (Å²) in [7, 11) is 0. The zero-order valence-corrected chi connectivity index (χ0v) is 13.9. The molecule has 0 saturated heterocycles. The van der Waals surface area contributed by atoms with Crippen LogP contribution < -0.4 is 24.7 Å². The van der Waals surface area contributed by atoms with Gasteiger partial charge in [0, 0.05) is 5.56 Å². The lowest BCUT2D eigenvalue weighted by atomic mass is 10.1. The van der Waals surface area contributed by atoms with Gasteiger partial charge in [-0.2, -0.15) is 5.10 Å². The van der Waals surface area contributed by atoms with E-state index in [0.717, 1.165) is 5.56 Å². The molecule has 2 aromatic rings. The maximum Gasteiger partial charge on any atom is 0.271 e. The molecule has 3 rings (SSSR count). The third-order valence-electron chi connectivity index (χ3n) is 3.59. The number of fused-ring (bicyclic) bond motifs is 1. The number of hydrazone groups is 1. The molecule has 1 aliphatic heterocycles. The van der Waals surface area contributed by atoms with Gasteiger partial charge in [-0.1, -0.05) is 0 Å². The molecule has 0 unspecified atom stereocenters. The summed E-state index contributed by atoms with van der Waals surface area (Å²) in [4.78, 5) is 22.6. The second-order valence-electron chi connectivity index (χ2n) is 5.39. The standard InChI is InChI=1S/C18H16N2O6/c1-11(12-2-5-14(6-3-12)24-9-17(21)22)19-20-18(23)13-4-7-15-16(8-13)26-10-25-15/h2-8H,9-10H2,1H3,(H,20,23)(H,21,22)/p-1/b19-11-. The number of carbonyl (C=O) groups excluding carboxylic acids is 2. The van der Waals surface area contributed by atoms with Crippen LogP contribution in [0.4, 0.5) is 0 Å². The molecule has 8 heteroatoms. The van der Waals surface area contributed by atoms with Crippen molar-refractivity contribution in [1.82, 2.24) is 5.43 Å². The Labute approximate surface area is 149 Å². The van der Waals surface area contributed by atoms with Crippen LogP contribution in [0.5, 0.6) is 17.2 Å². The van der Waals surface area contributed by atoms with E-state index in [4.69, 9.17) is 14.2 Å². The third kappa shape index (κ3) is 4.10. The maximum absolute atomic E-state index is 12.2. The number of hydrogen-bond acceptors (Lipinski definition) is 7. The summed E-state index contributed by atoms with van der Waals surface area (Å²) in [5.74, 6) is -0.155. The zero-order chi connectivity index (χ0) is 18.5. The van der Waals surface area contributed by atoms with Gasteiger partial charge in [0.25, 0.3) is 5.91 Å². The Hall–Kier alpha value is -3.55. The first-order valence-electron chi connectivity index (χ1n) is 7.70. The molecule has 1 N–H and O–H groups in total. The number of aliphatic carboxylic acids is 1. The number of rotatable bonds is 6. The Bertz CT molecular complexity index is 860. The van der Waals surface area contributed by atoms with Crippen molar-refractivity contribution in [3.63, 3.8) is 0 Å². The largest absolute Gasteiger partial charge is 0.546 e. The fraction of sp³-hybridized carbons (Fsp3) is 0.167. The number of carboxylic acid groups (broad SMARTS) is 1. The van der Waals surface area contributed by atoms with Gasteiger partial charge in [0.1, 0.15) is 12.4 Å². The van der Waals surface area contributed by atoms with E-state index in [1.165, 1.54) is 0 Å². The van der Waals surface area contributed by atoms with E-state index in [0.29, 0.717) is 28.5 Å². The normalized spacial score (nSPS) is 12.6. The van der Waals surface area contributed by atoms with Crippen molar-refractivity contribution < 1.29 is 28.9 Å². The molecule has 0 spiro atoms. The Balaban J connectivity index is 1.62. The lowest BCUT2D eigenvalue weighted by Crippen LogP contribution is -2.28. The van der Waals surface area contributed by atoms with Gasteiger partial charge in [0.2, 0.25) is 6.79 Å². The molecule has 8 nitrogen and oxygen atoms in total. The first-order chi connectivity index (χ1) is 12.5. The van der Waals surface area contributed by atoms with Gasteiger partial charge in [-0.15, -0.1) is 0 Å². The second-order valence-corrected chi connectivity index (χ2v) is 5.39. The predicted molar refractivity (Wildman–Crippen MR) is 89.2 cm³/mol. The van der Waals surface area contributed by atoms with Crippen molar-refractivity contribution in [3.05, 3.63) is 53.6 Å². The number of nitrogens with one attached hydrogen (secondary N) is 1. The lowest BCUT2D eigenvalue weighted by molar-refractivity contribution is -0.307. The fourth-order valence-electron chi connectivity index (χ4n) is 2.24. The number of nitrogens with zero attached hydrogens (tertiary/aromatic N) is 1. The molecule has 1 heterocycles. The van der Waals surface area contributed by atoms with Gasteiger partial charge in [0.15, 0.2) is 11.5 Å². The molecule has 1 amide bonds. The van der Waals surface area contributed by atoms with Crippen molar-refractivity contribution in [1.29, 1.82) is 0 Å². The number of ether oxygens (including phenoxy) is 3. The van der Waals surface area contributed by atoms with Crippen LogP contribution in [0.2, 0.25) is 0 Å². The molecule has 0 aromatic heterocycles. The van der Waals surface area contributed by atoms with Crippen LogP contribution in [-0.4, -0.2) is 31.0 Å². The molecule has 0 saturated carbocycles. The van der Waals surface area contributed by atoms with Gasteiger partial charge in [0.05, 0.1) is 11.7 Å². The number of amides is 1. The molecule has 0 atom stereocenters. The minimum atomic E-state index is -1.29. The Kier molecular flexibility index (Phi) is 5.02. The molecule has 0 aliphatic carbocycles. The van der Waals surface area contributed by atoms with Crippen LogP contribution in [0, 0.1) is 0 Å². The average Bonchev–Trinajstić information content (AvgIpc) is 3.12. The highest BCUT2D eigenvalue weighted by Crippen LogP contribution is 2.32. The summed E-state index contributed by atoms with van der Waals surface area (Å²) >= 11 is 0. The smallest absolute Gasteiger partial charge is 0.271 e. The highest BCUT2D eigenvalue weighted by molar-refractivity contribution is 6.01. The second kappa shape index (κ2) is 7.56. The molecule has 134 valence electrons. The Morgan fingerprint density at radius 3 is 2.54 bits per heavy atom. The average molecular weight is 355 g/mol. The number of hydrogen-bond donors (Lipinski definition) is 1. The molecular formula is C18H15N2O6-. The monoisotopic (exact) mass is 355 g/mol. The summed E-state index contributed by atoms with van der Waals surface area (Å²) in [5.41, 5.74) is 4.20. The van der Waals surface area contributed by atoms with Crippen molar-refractivity contribution >= 4 is 17.6 Å². The number of carbonyl (C=O) groups is 2. The van der Waals surface area contributed by atoms with E-state index in [9.17, 15) is 14.7 Å². The van der Waals surface area contributed by atoms with Crippen LogP contribution >= 0.6 is 0 Å². The minimum absolute atomic E-state index is 0.139. The SMILES string of the molecule is C/C(=N/NC(=O)c1ccc2c(c1)OCO2)c1ccc(OCC(=O)[O-])cc1. The van der Waals surface area contributed by atoms with Crippen LogP contribution in [0.15, 0.2) is 47.6 Å². The van der Waals surface area contributed by atoms with Crippen molar-refractivity contribution in [2.24, 2.45) is 5.10 Å². The summed E-state index contributed by atoms with van der Waals surface area (Å²) in [5, 5.41) is 14.4. The summed E-state index contributed by atoms with van der Waals surface area (Å²) in [6, 6.07) is 11.5. The lowest BCUT2D eigenvalue weighted by Gasteiger charge is -2.08. The molecule has 1 aliphatic rings. The third-order valence-corrected chi connectivity index (χ3v) is 3.59. The van der Waals surface area contributed by atoms with Gasteiger partial charge < -0.3 is 24.1 Å². The van der Waals surface area contributed by atoms with Crippen LogP contribution in [-0.2, 0) is 4.79 Å². The van der Waals surface area contributed by atoms with E-state index >= 15 is 0 Å². The van der Waals surface area contributed by atoms with Crippen molar-refractivity contribution in [2.45, 2.75) is 6.92 Å². The fourth-order valence-corrected chi connectivity index (χ4v) is 2.24. The number of benzene rings is 2. The predicted octanol–water partition coefficient (Wildman–Crippen LogP) is 0.698. The quantitative estimate of drug-likeness (QED) is 0.603.